The van der Waals surface area contributed by atoms with Gasteiger partial charge in [0.15, 0.2) is 0 Å². The molecule has 0 saturated heterocycles. The van der Waals surface area contributed by atoms with Gasteiger partial charge in [-0.25, -0.2) is 0 Å². The third-order valence-electron chi connectivity index (χ3n) is 2.06. The summed E-state index contributed by atoms with van der Waals surface area (Å²) >= 11 is 0. The van der Waals surface area contributed by atoms with Crippen molar-refractivity contribution in [3.63, 3.8) is 0 Å². The highest BCUT2D eigenvalue weighted by atomic mass is 16.5. The van der Waals surface area contributed by atoms with Crippen molar-refractivity contribution in [1.29, 1.82) is 0 Å². The Balaban J connectivity index is 3.13. The van der Waals surface area contributed by atoms with E-state index >= 15 is 0 Å². The Labute approximate surface area is 74.4 Å². The van der Waals surface area contributed by atoms with Crippen LogP contribution in [0.1, 0.15) is 25.0 Å². The Morgan fingerprint density at radius 1 is 1.17 bits per heavy atom. The van der Waals surface area contributed by atoms with E-state index in [0.717, 1.165) is 18.6 Å². The smallest absolute Gasteiger partial charge is 0.125 e. The molecule has 12 heavy (non-hydrogen) atoms. The molecule has 0 fully saturated rings. The minimum Gasteiger partial charge on any atom is -0.496 e. The molecule has 1 heteroatoms. The maximum atomic E-state index is 5.34. The molecule has 0 N–H and O–H groups in total. The van der Waals surface area contributed by atoms with Gasteiger partial charge < -0.3 is 4.74 Å². The van der Waals surface area contributed by atoms with Crippen LogP contribution >= 0.6 is 0 Å². The Bertz CT molecular complexity index is 231. The van der Waals surface area contributed by atoms with Crippen molar-refractivity contribution < 1.29 is 4.74 Å². The molecule has 65 valence electrons. The van der Waals surface area contributed by atoms with E-state index in [1.54, 1.807) is 7.11 Å². The van der Waals surface area contributed by atoms with Crippen LogP contribution in [-0.2, 0) is 12.8 Å². The average Bonchev–Trinajstić information content (AvgIpc) is 2.16. The van der Waals surface area contributed by atoms with Gasteiger partial charge in [0.2, 0.25) is 0 Å². The third kappa shape index (κ3) is 1.60. The van der Waals surface area contributed by atoms with Gasteiger partial charge in [0.05, 0.1) is 7.11 Å². The first-order valence-corrected chi connectivity index (χ1v) is 4.39. The molecule has 0 aliphatic rings. The fraction of sp³-hybridized carbons (Fsp3) is 0.455. The minimum absolute atomic E-state index is 1.01. The number of benzene rings is 1. The number of hydrogen-bond donors (Lipinski definition) is 0. The van der Waals surface area contributed by atoms with Crippen LogP contribution in [0.15, 0.2) is 12.1 Å². The summed E-state index contributed by atoms with van der Waals surface area (Å²) in [6.07, 6.45) is 2.01. The third-order valence-corrected chi connectivity index (χ3v) is 2.06. The maximum absolute atomic E-state index is 5.34. The van der Waals surface area contributed by atoms with Crippen molar-refractivity contribution in [2.75, 3.05) is 7.11 Å². The summed E-state index contributed by atoms with van der Waals surface area (Å²) in [5.41, 5.74) is 2.49. The summed E-state index contributed by atoms with van der Waals surface area (Å²) in [6.45, 7) is 4.26. The quantitative estimate of drug-likeness (QED) is 0.665. The monoisotopic (exact) mass is 163 g/mol. The lowest BCUT2D eigenvalue weighted by Crippen LogP contribution is -1.95. The molecule has 0 aliphatic carbocycles. The van der Waals surface area contributed by atoms with Crippen LogP contribution in [0.4, 0.5) is 0 Å². The molecule has 1 rings (SSSR count). The summed E-state index contributed by atoms with van der Waals surface area (Å²) in [6, 6.07) is 7.12. The summed E-state index contributed by atoms with van der Waals surface area (Å²) in [5.74, 6) is 1.04. The summed E-state index contributed by atoms with van der Waals surface area (Å²) in [7, 11) is 1.73. The van der Waals surface area contributed by atoms with Gasteiger partial charge in [-0.15, -0.1) is 0 Å². The molecule has 0 aromatic heterocycles. The minimum atomic E-state index is 1.01. The molecule has 1 radical (unpaired) electrons. The van der Waals surface area contributed by atoms with Crippen molar-refractivity contribution in [3.8, 4) is 5.75 Å². The lowest BCUT2D eigenvalue weighted by molar-refractivity contribution is 0.405. The highest BCUT2D eigenvalue weighted by Gasteiger charge is 2.04. The van der Waals surface area contributed by atoms with Crippen LogP contribution in [0, 0.1) is 6.07 Å². The second-order valence-electron chi connectivity index (χ2n) is 2.75. The number of aryl methyl sites for hydroxylation is 2. The maximum Gasteiger partial charge on any atom is 0.125 e. The fourth-order valence-corrected chi connectivity index (χ4v) is 1.37. The first kappa shape index (κ1) is 9.11. The van der Waals surface area contributed by atoms with Gasteiger partial charge >= 0.3 is 0 Å². The van der Waals surface area contributed by atoms with E-state index in [4.69, 9.17) is 4.74 Å². The Morgan fingerprint density at radius 2 is 1.67 bits per heavy atom. The largest absolute Gasteiger partial charge is 0.496 e. The number of ether oxygens (including phenoxy) is 1. The molecule has 1 aromatic carbocycles. The van der Waals surface area contributed by atoms with E-state index in [1.165, 1.54) is 11.1 Å². The summed E-state index contributed by atoms with van der Waals surface area (Å²) in [4.78, 5) is 0. The van der Waals surface area contributed by atoms with E-state index in [1.807, 2.05) is 12.1 Å². The van der Waals surface area contributed by atoms with E-state index in [0.29, 0.717) is 0 Å². The van der Waals surface area contributed by atoms with Gasteiger partial charge in [0.25, 0.3) is 0 Å². The number of rotatable bonds is 3. The first-order valence-electron chi connectivity index (χ1n) is 4.39. The van der Waals surface area contributed by atoms with E-state index in [9.17, 15) is 0 Å². The first-order chi connectivity index (χ1) is 5.83. The Morgan fingerprint density at radius 3 is 2.00 bits per heavy atom. The zero-order valence-corrected chi connectivity index (χ0v) is 7.98. The molecule has 0 spiro atoms. The normalized spacial score (nSPS) is 9.92. The van der Waals surface area contributed by atoms with Crippen LogP contribution in [0.2, 0.25) is 0 Å². The molecule has 0 unspecified atom stereocenters. The zero-order chi connectivity index (χ0) is 8.97. The summed E-state index contributed by atoms with van der Waals surface area (Å²) < 4.78 is 5.34. The van der Waals surface area contributed by atoms with Crippen molar-refractivity contribution in [2.24, 2.45) is 0 Å². The molecular formula is C11H15O. The van der Waals surface area contributed by atoms with Gasteiger partial charge in [-0.2, -0.15) is 0 Å². The molecule has 0 heterocycles. The molecule has 1 nitrogen and oxygen atoms in total. The van der Waals surface area contributed by atoms with Crippen LogP contribution in [0.25, 0.3) is 0 Å². The molecule has 1 aromatic rings. The second kappa shape index (κ2) is 4.15. The Kier molecular flexibility index (Phi) is 3.15. The molecular weight excluding hydrogens is 148 g/mol. The van der Waals surface area contributed by atoms with Crippen LogP contribution in [-0.4, -0.2) is 7.11 Å². The molecule has 0 atom stereocenters. The fourth-order valence-electron chi connectivity index (χ4n) is 1.37. The predicted octanol–water partition coefficient (Wildman–Crippen LogP) is 2.62. The van der Waals surface area contributed by atoms with Crippen molar-refractivity contribution in [2.45, 2.75) is 26.7 Å². The van der Waals surface area contributed by atoms with Gasteiger partial charge in [-0.3, -0.25) is 0 Å². The lowest BCUT2D eigenvalue weighted by atomic mass is 10.1. The molecule has 0 saturated carbocycles. The van der Waals surface area contributed by atoms with Gasteiger partial charge in [0.1, 0.15) is 5.75 Å². The van der Waals surface area contributed by atoms with E-state index in [-0.39, 0.29) is 0 Å². The molecule has 0 aliphatic heterocycles. The van der Waals surface area contributed by atoms with Crippen molar-refractivity contribution in [3.05, 3.63) is 29.3 Å². The molecule has 0 amide bonds. The Hall–Kier alpha value is -0.980. The molecule has 0 bridgehead atoms. The van der Waals surface area contributed by atoms with E-state index in [2.05, 4.69) is 19.9 Å². The number of hydrogen-bond acceptors (Lipinski definition) is 1. The summed E-state index contributed by atoms with van der Waals surface area (Å²) in [5, 5.41) is 0. The second-order valence-corrected chi connectivity index (χ2v) is 2.75. The number of methoxy groups -OCH3 is 1. The van der Waals surface area contributed by atoms with E-state index < -0.39 is 0 Å². The standard InChI is InChI=1S/C11H15O/c1-4-9-7-6-8-10(5-2)11(9)12-3/h7-8H,4-5H2,1-3H3. The van der Waals surface area contributed by atoms with Gasteiger partial charge in [-0.05, 0) is 42.2 Å². The average molecular weight is 163 g/mol. The SMILES string of the molecule is CCc1c[c]cc(CC)c1OC. The van der Waals surface area contributed by atoms with Crippen molar-refractivity contribution in [1.82, 2.24) is 0 Å². The van der Waals surface area contributed by atoms with Crippen molar-refractivity contribution >= 4 is 0 Å². The highest BCUT2D eigenvalue weighted by Crippen LogP contribution is 2.23. The predicted molar refractivity (Wildman–Crippen MR) is 50.6 cm³/mol. The lowest BCUT2D eigenvalue weighted by Gasteiger charge is -2.10. The van der Waals surface area contributed by atoms with Crippen LogP contribution < -0.4 is 4.74 Å². The van der Waals surface area contributed by atoms with Crippen LogP contribution in [0.3, 0.4) is 0 Å². The van der Waals surface area contributed by atoms with Crippen LogP contribution in [0.5, 0.6) is 5.75 Å². The van der Waals surface area contributed by atoms with Gasteiger partial charge in [-0.1, -0.05) is 13.8 Å². The highest BCUT2D eigenvalue weighted by molar-refractivity contribution is 5.41. The van der Waals surface area contributed by atoms with Gasteiger partial charge in [0, 0.05) is 0 Å². The zero-order valence-electron chi connectivity index (χ0n) is 7.98. The topological polar surface area (TPSA) is 9.23 Å².